The quantitative estimate of drug-likeness (QED) is 0.265. The maximum absolute atomic E-state index is 13.2. The third kappa shape index (κ3) is 5.49. The third-order valence-corrected chi connectivity index (χ3v) is 7.52. The number of carbonyl (C=O) groups is 1. The van der Waals surface area contributed by atoms with Gasteiger partial charge in [-0.1, -0.05) is 56.3 Å². The summed E-state index contributed by atoms with van der Waals surface area (Å²) < 4.78 is 7.54. The molecule has 2 aromatic carbocycles. The first-order valence-corrected chi connectivity index (χ1v) is 14.1. The summed E-state index contributed by atoms with van der Waals surface area (Å²) in [5, 5.41) is 24.8. The van der Waals surface area contributed by atoms with E-state index in [0.717, 1.165) is 42.0 Å². The molecule has 5 rings (SSSR count). The van der Waals surface area contributed by atoms with E-state index in [1.807, 2.05) is 25.3 Å². The minimum Gasteiger partial charge on any atom is -0.461 e. The first-order valence-electron chi connectivity index (χ1n) is 14.1. The lowest BCUT2D eigenvalue weighted by Crippen LogP contribution is -2.20. The second kappa shape index (κ2) is 12.4. The molecule has 0 aliphatic carbocycles. The number of aliphatic hydroxyl groups excluding tert-OH is 1. The summed E-state index contributed by atoms with van der Waals surface area (Å²) in [6, 6.07) is 14.9. The van der Waals surface area contributed by atoms with Crippen molar-refractivity contribution in [2.45, 2.75) is 71.9 Å². The Hall–Kier alpha value is -4.05. The lowest BCUT2D eigenvalue weighted by molar-refractivity contribution is 0.0491. The second-order valence-electron chi connectivity index (χ2n) is 10.1. The van der Waals surface area contributed by atoms with Crippen LogP contribution < -0.4 is 4.90 Å². The number of aliphatic hydroxyl groups is 1. The number of carbonyl (C=O) groups excluding carboxylic acids is 1. The van der Waals surface area contributed by atoms with Crippen LogP contribution in [-0.4, -0.2) is 54.5 Å². The molecule has 0 saturated carbocycles. The van der Waals surface area contributed by atoms with Gasteiger partial charge in [0.1, 0.15) is 5.82 Å². The van der Waals surface area contributed by atoms with Crippen LogP contribution in [0, 0.1) is 0 Å². The van der Waals surface area contributed by atoms with Crippen LogP contribution in [0.15, 0.2) is 42.5 Å². The van der Waals surface area contributed by atoms with Crippen molar-refractivity contribution in [1.29, 1.82) is 0 Å². The molecular weight excluding hydrogens is 506 g/mol. The fourth-order valence-electron chi connectivity index (χ4n) is 5.45. The molecule has 0 saturated heterocycles. The lowest BCUT2D eigenvalue weighted by atomic mass is 10.0. The Morgan fingerprint density at radius 1 is 1.07 bits per heavy atom. The zero-order valence-electron chi connectivity index (χ0n) is 23.4. The van der Waals surface area contributed by atoms with Crippen LogP contribution in [0.3, 0.4) is 0 Å². The van der Waals surface area contributed by atoms with Gasteiger partial charge in [-0.3, -0.25) is 0 Å². The summed E-state index contributed by atoms with van der Waals surface area (Å²) in [6.07, 6.45) is 3.84. The number of hydrogen-bond donors (Lipinski definition) is 2. The van der Waals surface area contributed by atoms with Crippen molar-refractivity contribution in [1.82, 2.24) is 30.2 Å². The molecule has 10 nitrogen and oxygen atoms in total. The number of hydrogen-bond acceptors (Lipinski definition) is 8. The molecule has 210 valence electrons. The number of para-hydroxylation sites is 1. The molecule has 4 aromatic rings. The number of nitrogens with zero attached hydrogens (tertiary/aromatic N) is 6. The van der Waals surface area contributed by atoms with Crippen molar-refractivity contribution in [2.75, 3.05) is 18.1 Å². The molecule has 1 aliphatic heterocycles. The van der Waals surface area contributed by atoms with Crippen LogP contribution >= 0.6 is 0 Å². The van der Waals surface area contributed by atoms with E-state index in [0.29, 0.717) is 49.8 Å². The van der Waals surface area contributed by atoms with Crippen molar-refractivity contribution in [3.05, 3.63) is 82.2 Å². The number of imidazole rings is 1. The smallest absolute Gasteiger partial charge is 0.356 e. The van der Waals surface area contributed by atoms with E-state index in [4.69, 9.17) is 9.72 Å². The monoisotopic (exact) mass is 543 g/mol. The van der Waals surface area contributed by atoms with Gasteiger partial charge in [-0.2, -0.15) is 5.21 Å². The Bertz CT molecular complexity index is 1440. The average molecular weight is 544 g/mol. The SMILES string of the molecule is CCCOC(=O)c1c(CC)nc(C(CC)CO)n1Cc1ccc2c(c1)CCc1ccccc1N2Cc1nn[nH]n1. The predicted molar refractivity (Wildman–Crippen MR) is 152 cm³/mol. The summed E-state index contributed by atoms with van der Waals surface area (Å²) in [5.41, 5.74) is 6.96. The molecule has 1 unspecified atom stereocenters. The van der Waals surface area contributed by atoms with Gasteiger partial charge in [-0.25, -0.2) is 9.78 Å². The van der Waals surface area contributed by atoms with E-state index in [2.05, 4.69) is 68.0 Å². The van der Waals surface area contributed by atoms with Crippen molar-refractivity contribution >= 4 is 17.3 Å². The largest absolute Gasteiger partial charge is 0.461 e. The molecule has 0 amide bonds. The summed E-state index contributed by atoms with van der Waals surface area (Å²) in [5.74, 6) is 0.818. The topological polar surface area (TPSA) is 122 Å². The zero-order valence-corrected chi connectivity index (χ0v) is 23.4. The van der Waals surface area contributed by atoms with E-state index < -0.39 is 0 Å². The Morgan fingerprint density at radius 2 is 1.88 bits per heavy atom. The standard InChI is InChI=1S/C30H37N7O3/c1-4-15-40-30(39)28-24(6-3)31-29(21(5-2)19-38)37(28)17-20-11-14-26-23(16-20)13-12-22-9-7-8-10-25(22)36(26)18-27-32-34-35-33-27/h7-11,14,16,21,38H,4-6,12-13,15,17-19H2,1-3H3,(H,32,33,34,35). The number of aromatic nitrogens is 6. The summed E-state index contributed by atoms with van der Waals surface area (Å²) in [7, 11) is 0. The Labute approximate surface area is 234 Å². The minimum absolute atomic E-state index is 0.0341. The number of rotatable bonds is 11. The maximum atomic E-state index is 13.2. The normalized spacial score (nSPS) is 13.4. The fourth-order valence-corrected chi connectivity index (χ4v) is 5.45. The summed E-state index contributed by atoms with van der Waals surface area (Å²) in [6.45, 7) is 7.27. The van der Waals surface area contributed by atoms with Gasteiger partial charge in [-0.15, -0.1) is 10.2 Å². The van der Waals surface area contributed by atoms with Gasteiger partial charge in [0.15, 0.2) is 11.5 Å². The van der Waals surface area contributed by atoms with Gasteiger partial charge in [0.2, 0.25) is 0 Å². The van der Waals surface area contributed by atoms with E-state index in [1.54, 1.807) is 0 Å². The van der Waals surface area contributed by atoms with E-state index >= 15 is 0 Å². The number of aryl methyl sites for hydroxylation is 3. The van der Waals surface area contributed by atoms with Crippen molar-refractivity contribution < 1.29 is 14.6 Å². The highest BCUT2D eigenvalue weighted by molar-refractivity contribution is 5.89. The molecule has 0 radical (unpaired) electrons. The van der Waals surface area contributed by atoms with Crippen molar-refractivity contribution in [2.24, 2.45) is 0 Å². The average Bonchev–Trinajstić information content (AvgIpc) is 3.59. The number of aromatic amines is 1. The predicted octanol–water partition coefficient (Wildman–Crippen LogP) is 4.50. The van der Waals surface area contributed by atoms with Crippen LogP contribution in [0.5, 0.6) is 0 Å². The molecule has 10 heteroatoms. The van der Waals surface area contributed by atoms with E-state index in [-0.39, 0.29) is 18.5 Å². The third-order valence-electron chi connectivity index (χ3n) is 7.52. The maximum Gasteiger partial charge on any atom is 0.356 e. The number of benzene rings is 2. The molecule has 40 heavy (non-hydrogen) atoms. The number of esters is 1. The molecule has 3 heterocycles. The molecule has 1 aliphatic rings. The molecule has 2 aromatic heterocycles. The van der Waals surface area contributed by atoms with Gasteiger partial charge in [-0.05, 0) is 60.9 Å². The van der Waals surface area contributed by atoms with Crippen LogP contribution in [0.4, 0.5) is 11.4 Å². The minimum atomic E-state index is -0.360. The Kier molecular flexibility index (Phi) is 8.54. The summed E-state index contributed by atoms with van der Waals surface area (Å²) in [4.78, 5) is 20.3. The Balaban J connectivity index is 1.55. The molecular formula is C30H37N7O3. The first kappa shape index (κ1) is 27.5. The van der Waals surface area contributed by atoms with Crippen LogP contribution in [-0.2, 0) is 37.1 Å². The number of fused-ring (bicyclic) bond motifs is 2. The van der Waals surface area contributed by atoms with Gasteiger partial charge < -0.3 is 19.3 Å². The molecule has 1 atom stereocenters. The number of tetrazole rings is 1. The molecule has 0 bridgehead atoms. The molecule has 0 fully saturated rings. The van der Waals surface area contributed by atoms with Gasteiger partial charge in [0.05, 0.1) is 25.5 Å². The highest BCUT2D eigenvalue weighted by Gasteiger charge is 2.28. The first-order chi connectivity index (χ1) is 19.6. The number of nitrogens with one attached hydrogen (secondary N) is 1. The van der Waals surface area contributed by atoms with Crippen molar-refractivity contribution in [3.8, 4) is 0 Å². The molecule has 0 spiro atoms. The second-order valence-corrected chi connectivity index (χ2v) is 10.1. The van der Waals surface area contributed by atoms with Gasteiger partial charge in [0.25, 0.3) is 0 Å². The highest BCUT2D eigenvalue weighted by atomic mass is 16.5. The number of ether oxygens (including phenoxy) is 1. The van der Waals surface area contributed by atoms with Gasteiger partial charge >= 0.3 is 5.97 Å². The fraction of sp³-hybridized carbons (Fsp3) is 0.433. The van der Waals surface area contributed by atoms with Crippen LogP contribution in [0.1, 0.15) is 84.1 Å². The van der Waals surface area contributed by atoms with Crippen LogP contribution in [0.25, 0.3) is 0 Å². The Morgan fingerprint density at radius 3 is 2.60 bits per heavy atom. The number of anilines is 2. The van der Waals surface area contributed by atoms with E-state index in [1.165, 1.54) is 11.1 Å². The van der Waals surface area contributed by atoms with Gasteiger partial charge in [0, 0.05) is 23.8 Å². The highest BCUT2D eigenvalue weighted by Crippen LogP contribution is 2.37. The van der Waals surface area contributed by atoms with E-state index in [9.17, 15) is 9.90 Å². The molecule has 2 N–H and O–H groups in total. The zero-order chi connectivity index (χ0) is 28.1. The van der Waals surface area contributed by atoms with Crippen LogP contribution in [0.2, 0.25) is 0 Å². The number of H-pyrrole nitrogens is 1. The van der Waals surface area contributed by atoms with Crippen molar-refractivity contribution in [3.63, 3.8) is 0 Å². The lowest BCUT2D eigenvalue weighted by Gasteiger charge is -2.26. The summed E-state index contributed by atoms with van der Waals surface area (Å²) >= 11 is 0.